The van der Waals surface area contributed by atoms with E-state index in [4.69, 9.17) is 23.5 Å². The Morgan fingerprint density at radius 3 is 2.60 bits per heavy atom. The fourth-order valence-corrected chi connectivity index (χ4v) is 4.27. The highest BCUT2D eigenvalue weighted by atomic mass is 32.1. The van der Waals surface area contributed by atoms with Crippen LogP contribution in [0.4, 0.5) is 11.5 Å². The van der Waals surface area contributed by atoms with Crippen LogP contribution < -0.4 is 10.0 Å². The van der Waals surface area contributed by atoms with Crippen LogP contribution in [0.5, 0.6) is 0 Å². The van der Waals surface area contributed by atoms with Gasteiger partial charge in [0.2, 0.25) is 0 Å². The predicted octanol–water partition coefficient (Wildman–Crippen LogP) is 4.15. The van der Waals surface area contributed by atoms with E-state index < -0.39 is 0 Å². The average molecular weight is 421 g/mol. The Bertz CT molecular complexity index is 1050. The summed E-state index contributed by atoms with van der Waals surface area (Å²) in [6, 6.07) is 10.7. The number of likely N-dealkylation sites (tertiary alicyclic amines) is 1. The number of aromatic nitrogens is 3. The molecule has 1 aromatic carbocycles. The van der Waals surface area contributed by atoms with E-state index in [9.17, 15) is 0 Å². The van der Waals surface area contributed by atoms with Crippen molar-refractivity contribution < 1.29 is 0 Å². The van der Waals surface area contributed by atoms with Gasteiger partial charge in [-0.3, -0.25) is 4.98 Å². The van der Waals surface area contributed by atoms with E-state index in [0.29, 0.717) is 17.6 Å². The number of hydrogen-bond acceptors (Lipinski definition) is 7. The normalized spacial score (nSPS) is 15.3. The molecule has 7 heteroatoms. The maximum Gasteiger partial charge on any atom is 0.150 e. The van der Waals surface area contributed by atoms with Crippen molar-refractivity contribution in [1.29, 1.82) is 0 Å². The molecule has 2 aromatic heterocycles. The molecular weight excluding hydrogens is 392 g/mol. The highest BCUT2D eigenvalue weighted by Crippen LogP contribution is 2.32. The summed E-state index contributed by atoms with van der Waals surface area (Å²) in [6.07, 6.45) is 5.73. The Morgan fingerprint density at radius 2 is 1.87 bits per heavy atom. The number of aryl methyl sites for hydroxylation is 2. The van der Waals surface area contributed by atoms with Gasteiger partial charge in [0, 0.05) is 34.7 Å². The lowest BCUT2D eigenvalue weighted by molar-refractivity contribution is 0.259. The molecule has 3 heterocycles. The molecule has 3 aromatic rings. The van der Waals surface area contributed by atoms with Gasteiger partial charge in [0.15, 0.2) is 0 Å². The second kappa shape index (κ2) is 8.62. The largest absolute Gasteiger partial charge is 0.382 e. The zero-order chi connectivity index (χ0) is 21.3. The van der Waals surface area contributed by atoms with Gasteiger partial charge in [0.25, 0.3) is 0 Å². The summed E-state index contributed by atoms with van der Waals surface area (Å²) in [6.45, 7) is 6.23. The molecule has 0 saturated carbocycles. The van der Waals surface area contributed by atoms with E-state index in [1.165, 1.54) is 0 Å². The molecule has 1 aliphatic rings. The van der Waals surface area contributed by atoms with Crippen LogP contribution >= 0.6 is 12.8 Å². The topological polar surface area (TPSA) is 71.2 Å². The maximum atomic E-state index is 6.16. The Balaban J connectivity index is 1.69. The third-order valence-corrected chi connectivity index (χ3v) is 6.32. The summed E-state index contributed by atoms with van der Waals surface area (Å²) in [5, 5.41) is 0. The molecule has 1 fully saturated rings. The lowest BCUT2D eigenvalue weighted by Gasteiger charge is -2.35. The second-order valence-corrected chi connectivity index (χ2v) is 8.48. The number of hydrogen-bond donors (Lipinski definition) is 2. The Hall–Kier alpha value is -2.64. The van der Waals surface area contributed by atoms with Crippen molar-refractivity contribution in [2.24, 2.45) is 0 Å². The van der Waals surface area contributed by atoms with Gasteiger partial charge in [0.05, 0.1) is 11.9 Å². The standard InChI is InChI=1S/C23H28N6S/c1-15-4-5-19(29(30)18-7-10-28(3)11-8-18)13-20(15)21-14-26-23(24)22(27-21)17-6-9-25-16(2)12-17/h4-6,9,12-14,18,30H,7-8,10-11H2,1-3H3,(H2,24,26). The first-order valence-corrected chi connectivity index (χ1v) is 10.7. The summed E-state index contributed by atoms with van der Waals surface area (Å²) in [7, 11) is 2.17. The van der Waals surface area contributed by atoms with E-state index in [0.717, 1.165) is 59.7 Å². The lowest BCUT2D eigenvalue weighted by Crippen LogP contribution is -2.39. The highest BCUT2D eigenvalue weighted by Gasteiger charge is 2.22. The first kappa shape index (κ1) is 20.6. The van der Waals surface area contributed by atoms with E-state index in [1.54, 1.807) is 12.4 Å². The smallest absolute Gasteiger partial charge is 0.150 e. The Morgan fingerprint density at radius 1 is 1.10 bits per heavy atom. The van der Waals surface area contributed by atoms with E-state index >= 15 is 0 Å². The number of anilines is 2. The van der Waals surface area contributed by atoms with Crippen LogP contribution in [0.3, 0.4) is 0 Å². The first-order chi connectivity index (χ1) is 14.4. The van der Waals surface area contributed by atoms with Crippen LogP contribution in [0.2, 0.25) is 0 Å². The number of rotatable bonds is 4. The van der Waals surface area contributed by atoms with Gasteiger partial charge in [-0.05, 0) is 76.7 Å². The van der Waals surface area contributed by atoms with Crippen molar-refractivity contribution in [3.63, 3.8) is 0 Å². The monoisotopic (exact) mass is 420 g/mol. The molecular formula is C23H28N6S. The molecule has 0 amide bonds. The zero-order valence-electron chi connectivity index (χ0n) is 17.7. The number of pyridine rings is 1. The predicted molar refractivity (Wildman–Crippen MR) is 127 cm³/mol. The Kier molecular flexibility index (Phi) is 5.92. The number of thiol groups is 1. The van der Waals surface area contributed by atoms with Crippen molar-refractivity contribution in [2.75, 3.05) is 30.2 Å². The number of nitrogen functional groups attached to an aromatic ring is 1. The minimum atomic E-state index is 0.417. The fourth-order valence-electron chi connectivity index (χ4n) is 3.91. The first-order valence-electron chi connectivity index (χ1n) is 10.3. The molecule has 1 aliphatic heterocycles. The fraction of sp³-hybridized carbons (Fsp3) is 0.348. The van der Waals surface area contributed by atoms with Crippen molar-refractivity contribution in [3.8, 4) is 22.5 Å². The quantitative estimate of drug-likeness (QED) is 0.618. The highest BCUT2D eigenvalue weighted by molar-refractivity contribution is 7.81. The average Bonchev–Trinajstić information content (AvgIpc) is 2.75. The number of benzene rings is 1. The summed E-state index contributed by atoms with van der Waals surface area (Å²) in [4.78, 5) is 15.9. The van der Waals surface area contributed by atoms with Crippen LogP contribution in [-0.2, 0) is 0 Å². The van der Waals surface area contributed by atoms with Crippen molar-refractivity contribution in [1.82, 2.24) is 19.9 Å². The van der Waals surface area contributed by atoms with Gasteiger partial charge >= 0.3 is 0 Å². The van der Waals surface area contributed by atoms with Crippen LogP contribution in [0.25, 0.3) is 22.5 Å². The molecule has 30 heavy (non-hydrogen) atoms. The summed E-state index contributed by atoms with van der Waals surface area (Å²) in [5.74, 6) is 0.417. The lowest BCUT2D eigenvalue weighted by atomic mass is 10.0. The van der Waals surface area contributed by atoms with Gasteiger partial charge in [-0.1, -0.05) is 18.9 Å². The SMILES string of the molecule is Cc1cc(-c2nc(-c3cc(N(S)C4CCN(C)CC4)ccc3C)cnc2N)ccn1. The van der Waals surface area contributed by atoms with E-state index in [-0.39, 0.29) is 0 Å². The molecule has 4 rings (SSSR count). The summed E-state index contributed by atoms with van der Waals surface area (Å²) < 4.78 is 2.10. The molecule has 6 nitrogen and oxygen atoms in total. The number of piperidine rings is 1. The summed E-state index contributed by atoms with van der Waals surface area (Å²) >= 11 is 4.84. The zero-order valence-corrected chi connectivity index (χ0v) is 18.6. The van der Waals surface area contributed by atoms with Crippen LogP contribution in [0, 0.1) is 13.8 Å². The van der Waals surface area contributed by atoms with Gasteiger partial charge < -0.3 is 14.9 Å². The van der Waals surface area contributed by atoms with Crippen molar-refractivity contribution in [2.45, 2.75) is 32.7 Å². The summed E-state index contributed by atoms with van der Waals surface area (Å²) in [5.41, 5.74) is 12.7. The molecule has 0 atom stereocenters. The van der Waals surface area contributed by atoms with Crippen molar-refractivity contribution in [3.05, 3.63) is 54.0 Å². The van der Waals surface area contributed by atoms with Crippen LogP contribution in [0.1, 0.15) is 24.1 Å². The third kappa shape index (κ3) is 4.27. The van der Waals surface area contributed by atoms with Crippen LogP contribution in [0.15, 0.2) is 42.7 Å². The Labute approximate surface area is 183 Å². The van der Waals surface area contributed by atoms with E-state index in [2.05, 4.69) is 51.3 Å². The molecule has 2 N–H and O–H groups in total. The molecule has 1 saturated heterocycles. The van der Waals surface area contributed by atoms with Gasteiger partial charge in [0.1, 0.15) is 11.5 Å². The van der Waals surface area contributed by atoms with E-state index in [1.807, 2.05) is 19.1 Å². The molecule has 0 aliphatic carbocycles. The van der Waals surface area contributed by atoms with Gasteiger partial charge in [-0.2, -0.15) is 0 Å². The molecule has 0 bridgehead atoms. The van der Waals surface area contributed by atoms with Crippen LogP contribution in [-0.4, -0.2) is 46.0 Å². The van der Waals surface area contributed by atoms with Gasteiger partial charge in [-0.15, -0.1) is 0 Å². The number of nitrogens with two attached hydrogens (primary N) is 1. The second-order valence-electron chi connectivity index (χ2n) is 8.05. The number of nitrogens with zero attached hydrogens (tertiary/aromatic N) is 5. The molecule has 0 radical (unpaired) electrons. The third-order valence-electron chi connectivity index (χ3n) is 5.77. The van der Waals surface area contributed by atoms with Crippen molar-refractivity contribution >= 4 is 24.3 Å². The minimum Gasteiger partial charge on any atom is -0.382 e. The molecule has 0 spiro atoms. The molecule has 156 valence electrons. The van der Waals surface area contributed by atoms with Gasteiger partial charge in [-0.25, -0.2) is 9.97 Å². The maximum absolute atomic E-state index is 6.16. The molecule has 0 unspecified atom stereocenters. The minimum absolute atomic E-state index is 0.417.